The van der Waals surface area contributed by atoms with Gasteiger partial charge in [0.15, 0.2) is 5.82 Å². The van der Waals surface area contributed by atoms with Crippen molar-refractivity contribution in [3.05, 3.63) is 33.7 Å². The monoisotopic (exact) mass is 312 g/mol. The van der Waals surface area contributed by atoms with E-state index < -0.39 is 5.97 Å². The van der Waals surface area contributed by atoms with Crippen LogP contribution < -0.4 is 0 Å². The van der Waals surface area contributed by atoms with Crippen molar-refractivity contribution in [1.29, 1.82) is 0 Å². The number of rotatable bonds is 3. The minimum atomic E-state index is -0.423. The zero-order valence-electron chi connectivity index (χ0n) is 9.01. The number of carbonyl (C=O) groups excluding carboxylic acids is 1. The highest BCUT2D eigenvalue weighted by Crippen LogP contribution is 2.20. The van der Waals surface area contributed by atoms with Gasteiger partial charge in [-0.3, -0.25) is 0 Å². The van der Waals surface area contributed by atoms with Crippen LogP contribution in [0.1, 0.15) is 16.7 Å². The molecule has 0 spiro atoms. The standard InChI is InChI=1S/C11H9BrN2O2S/c1-2-16-11(15)10-13-9(14-17-10)7-3-5-8(12)6-4-7/h3-6H,2H2,1H3. The van der Waals surface area contributed by atoms with E-state index in [0.717, 1.165) is 21.6 Å². The van der Waals surface area contributed by atoms with E-state index in [0.29, 0.717) is 12.4 Å². The van der Waals surface area contributed by atoms with Crippen molar-refractivity contribution in [1.82, 2.24) is 9.36 Å². The van der Waals surface area contributed by atoms with E-state index in [1.54, 1.807) is 6.92 Å². The lowest BCUT2D eigenvalue weighted by Crippen LogP contribution is -2.03. The Morgan fingerprint density at radius 1 is 1.41 bits per heavy atom. The molecular weight excluding hydrogens is 304 g/mol. The molecule has 2 rings (SSSR count). The maximum Gasteiger partial charge on any atom is 0.369 e. The summed E-state index contributed by atoms with van der Waals surface area (Å²) in [6.45, 7) is 2.10. The average Bonchev–Trinajstić information content (AvgIpc) is 2.80. The van der Waals surface area contributed by atoms with Crippen LogP contribution in [0.5, 0.6) is 0 Å². The molecule has 0 radical (unpaired) electrons. The highest BCUT2D eigenvalue weighted by Gasteiger charge is 2.14. The Hall–Kier alpha value is -1.27. The number of halogens is 1. The largest absolute Gasteiger partial charge is 0.461 e. The number of esters is 1. The van der Waals surface area contributed by atoms with Gasteiger partial charge < -0.3 is 4.74 Å². The van der Waals surface area contributed by atoms with Crippen LogP contribution in [0.3, 0.4) is 0 Å². The lowest BCUT2D eigenvalue weighted by atomic mass is 10.2. The molecule has 2 aromatic rings. The Morgan fingerprint density at radius 2 is 2.12 bits per heavy atom. The topological polar surface area (TPSA) is 52.1 Å². The van der Waals surface area contributed by atoms with Crippen molar-refractivity contribution in [2.24, 2.45) is 0 Å². The summed E-state index contributed by atoms with van der Waals surface area (Å²) >= 11 is 4.40. The lowest BCUT2D eigenvalue weighted by Gasteiger charge is -1.96. The molecular formula is C11H9BrN2O2S. The number of ether oxygens (including phenoxy) is 1. The predicted molar refractivity (Wildman–Crippen MR) is 69.0 cm³/mol. The third kappa shape index (κ3) is 2.89. The summed E-state index contributed by atoms with van der Waals surface area (Å²) in [4.78, 5) is 15.6. The molecule has 0 bridgehead atoms. The first kappa shape index (κ1) is 12.2. The fourth-order valence-electron chi connectivity index (χ4n) is 1.22. The molecule has 1 aromatic heterocycles. The fraction of sp³-hybridized carbons (Fsp3) is 0.182. The molecule has 6 heteroatoms. The molecule has 0 unspecified atom stereocenters. The zero-order valence-corrected chi connectivity index (χ0v) is 11.4. The maximum absolute atomic E-state index is 11.4. The van der Waals surface area contributed by atoms with Crippen molar-refractivity contribution < 1.29 is 9.53 Å². The second-order valence-electron chi connectivity index (χ2n) is 3.15. The number of benzene rings is 1. The Kier molecular flexibility index (Phi) is 3.86. The van der Waals surface area contributed by atoms with Crippen LogP contribution in [0.2, 0.25) is 0 Å². The van der Waals surface area contributed by atoms with E-state index in [9.17, 15) is 4.79 Å². The number of hydrogen-bond donors (Lipinski definition) is 0. The van der Waals surface area contributed by atoms with Gasteiger partial charge in [-0.2, -0.15) is 4.37 Å². The van der Waals surface area contributed by atoms with E-state index in [4.69, 9.17) is 4.74 Å². The van der Waals surface area contributed by atoms with Crippen LogP contribution in [-0.4, -0.2) is 21.9 Å². The molecule has 0 aliphatic rings. The van der Waals surface area contributed by atoms with Crippen LogP contribution in [0, 0.1) is 0 Å². The van der Waals surface area contributed by atoms with Gasteiger partial charge in [0, 0.05) is 10.0 Å². The first-order valence-electron chi connectivity index (χ1n) is 4.97. The van der Waals surface area contributed by atoms with E-state index >= 15 is 0 Å². The second kappa shape index (κ2) is 5.37. The maximum atomic E-state index is 11.4. The fourth-order valence-corrected chi connectivity index (χ4v) is 2.06. The molecule has 0 aliphatic carbocycles. The minimum absolute atomic E-state index is 0.282. The number of aromatic nitrogens is 2. The van der Waals surface area contributed by atoms with Gasteiger partial charge in [-0.25, -0.2) is 9.78 Å². The summed E-state index contributed by atoms with van der Waals surface area (Å²) in [5, 5.41) is 0.282. The summed E-state index contributed by atoms with van der Waals surface area (Å²) in [5.74, 6) is 0.124. The molecule has 0 fully saturated rings. The van der Waals surface area contributed by atoms with Gasteiger partial charge in [-0.05, 0) is 30.6 Å². The van der Waals surface area contributed by atoms with E-state index in [1.807, 2.05) is 24.3 Å². The molecule has 0 amide bonds. The van der Waals surface area contributed by atoms with Gasteiger partial charge in [-0.1, -0.05) is 28.1 Å². The van der Waals surface area contributed by atoms with Crippen LogP contribution >= 0.6 is 27.5 Å². The molecule has 1 heterocycles. The van der Waals surface area contributed by atoms with Gasteiger partial charge in [-0.15, -0.1) is 0 Å². The molecule has 0 N–H and O–H groups in total. The SMILES string of the molecule is CCOC(=O)c1nc(-c2ccc(Br)cc2)ns1. The number of carbonyl (C=O) groups is 1. The number of hydrogen-bond acceptors (Lipinski definition) is 5. The van der Waals surface area contributed by atoms with Gasteiger partial charge in [0.2, 0.25) is 5.01 Å². The third-order valence-electron chi connectivity index (χ3n) is 1.98. The number of nitrogens with zero attached hydrogens (tertiary/aromatic N) is 2. The Labute approximate surface area is 111 Å². The smallest absolute Gasteiger partial charge is 0.369 e. The Morgan fingerprint density at radius 3 is 2.76 bits per heavy atom. The molecule has 4 nitrogen and oxygen atoms in total. The minimum Gasteiger partial charge on any atom is -0.461 e. The molecule has 0 saturated carbocycles. The van der Waals surface area contributed by atoms with Gasteiger partial charge in [0.05, 0.1) is 6.61 Å². The summed E-state index contributed by atoms with van der Waals surface area (Å²) in [6, 6.07) is 7.59. The zero-order chi connectivity index (χ0) is 12.3. The molecule has 17 heavy (non-hydrogen) atoms. The van der Waals surface area contributed by atoms with Crippen LogP contribution in [0.4, 0.5) is 0 Å². The molecule has 0 atom stereocenters. The normalized spacial score (nSPS) is 10.2. The summed E-state index contributed by atoms with van der Waals surface area (Å²) in [6.07, 6.45) is 0. The molecule has 88 valence electrons. The van der Waals surface area contributed by atoms with Crippen LogP contribution in [-0.2, 0) is 4.74 Å². The summed E-state index contributed by atoms with van der Waals surface area (Å²) in [7, 11) is 0. The predicted octanol–water partition coefficient (Wildman–Crippen LogP) is 3.14. The van der Waals surface area contributed by atoms with Crippen LogP contribution in [0.15, 0.2) is 28.7 Å². The van der Waals surface area contributed by atoms with Crippen LogP contribution in [0.25, 0.3) is 11.4 Å². The molecule has 0 saturated heterocycles. The quantitative estimate of drug-likeness (QED) is 0.817. The van der Waals surface area contributed by atoms with Crippen molar-refractivity contribution >= 4 is 33.4 Å². The first-order valence-corrected chi connectivity index (χ1v) is 6.54. The third-order valence-corrected chi connectivity index (χ3v) is 3.20. The average molecular weight is 313 g/mol. The summed E-state index contributed by atoms with van der Waals surface area (Å²) in [5.41, 5.74) is 0.875. The van der Waals surface area contributed by atoms with Crippen molar-refractivity contribution in [2.45, 2.75) is 6.92 Å². The highest BCUT2D eigenvalue weighted by atomic mass is 79.9. The van der Waals surface area contributed by atoms with E-state index in [1.165, 1.54) is 0 Å². The van der Waals surface area contributed by atoms with Gasteiger partial charge in [0.25, 0.3) is 0 Å². The Balaban J connectivity index is 2.23. The van der Waals surface area contributed by atoms with Gasteiger partial charge in [0.1, 0.15) is 0 Å². The van der Waals surface area contributed by atoms with E-state index in [2.05, 4.69) is 25.3 Å². The van der Waals surface area contributed by atoms with Gasteiger partial charge >= 0.3 is 5.97 Å². The highest BCUT2D eigenvalue weighted by molar-refractivity contribution is 9.10. The summed E-state index contributed by atoms with van der Waals surface area (Å²) < 4.78 is 9.98. The molecule has 1 aromatic carbocycles. The van der Waals surface area contributed by atoms with Crippen molar-refractivity contribution in [3.8, 4) is 11.4 Å². The molecule has 0 aliphatic heterocycles. The first-order chi connectivity index (χ1) is 8.20. The lowest BCUT2D eigenvalue weighted by molar-refractivity contribution is 0.0526. The Bertz CT molecular complexity index is 525. The second-order valence-corrected chi connectivity index (χ2v) is 4.82. The van der Waals surface area contributed by atoms with Crippen molar-refractivity contribution in [3.63, 3.8) is 0 Å². The van der Waals surface area contributed by atoms with E-state index in [-0.39, 0.29) is 5.01 Å². The van der Waals surface area contributed by atoms with Crippen molar-refractivity contribution in [2.75, 3.05) is 6.61 Å².